The summed E-state index contributed by atoms with van der Waals surface area (Å²) in [6, 6.07) is 0. The lowest BCUT2D eigenvalue weighted by atomic mass is 9.27. The van der Waals surface area contributed by atoms with Crippen LogP contribution in [0.1, 0.15) is 12.8 Å². The summed E-state index contributed by atoms with van der Waals surface area (Å²) in [5.41, 5.74) is 1.07. The molecule has 0 aromatic carbocycles. The molecular weight excluding hydrogens is 272 g/mol. The normalized spacial score (nSPS) is 60.2. The highest BCUT2D eigenvalue weighted by Crippen LogP contribution is 2.85. The lowest BCUT2D eigenvalue weighted by Crippen LogP contribution is -2.77. The van der Waals surface area contributed by atoms with Crippen LogP contribution in [0.2, 0.25) is 0 Å². The van der Waals surface area contributed by atoms with Crippen molar-refractivity contribution in [3.8, 4) is 0 Å². The number of ketones is 2. The van der Waals surface area contributed by atoms with Crippen molar-refractivity contribution in [1.82, 2.24) is 0 Å². The van der Waals surface area contributed by atoms with Crippen molar-refractivity contribution < 1.29 is 9.59 Å². The monoisotopic (exact) mass is 288 g/mol. The molecule has 8 atom stereocenters. The van der Waals surface area contributed by atoms with Crippen LogP contribution < -0.4 is 0 Å². The van der Waals surface area contributed by atoms with Crippen LogP contribution in [0, 0.1) is 46.3 Å². The van der Waals surface area contributed by atoms with Gasteiger partial charge in [0.05, 0.1) is 10.8 Å². The average molecular weight is 288 g/mol. The molecule has 2 fully saturated rings. The molecule has 0 N–H and O–H groups in total. The Morgan fingerprint density at radius 2 is 1.18 bits per heavy atom. The predicted molar refractivity (Wildman–Crippen MR) is 79.5 cm³/mol. The summed E-state index contributed by atoms with van der Waals surface area (Å²) in [6.07, 6.45) is 15.3. The number of hydrogen-bond acceptors (Lipinski definition) is 2. The van der Waals surface area contributed by atoms with Gasteiger partial charge in [-0.2, -0.15) is 0 Å². The quantitative estimate of drug-likeness (QED) is 0.642. The second-order valence-electron chi connectivity index (χ2n) is 8.33. The molecule has 7 rings (SSSR count). The van der Waals surface area contributed by atoms with E-state index < -0.39 is 0 Å². The number of allylic oxidation sites excluding steroid dienone is 8. The van der Waals surface area contributed by atoms with Gasteiger partial charge in [0.1, 0.15) is 0 Å². The molecule has 0 heterocycles. The van der Waals surface area contributed by atoms with Crippen LogP contribution in [0.4, 0.5) is 0 Å². The molecule has 7 aliphatic rings. The fraction of sp³-hybridized carbons (Fsp3) is 0.500. The molecule has 0 spiro atoms. The number of Topliss-reactive ketones (excluding diaryl/α,β-unsaturated/α-hetero) is 2. The van der Waals surface area contributed by atoms with Crippen LogP contribution in [0.3, 0.4) is 0 Å². The van der Waals surface area contributed by atoms with E-state index in [0.29, 0.717) is 35.2 Å². The van der Waals surface area contributed by atoms with Crippen LogP contribution in [0.5, 0.6) is 0 Å². The minimum atomic E-state index is -0.389. The number of rotatable bonds is 0. The standard InChI is InChI=1S/C20H16O2/c21-17-15-9-1-2-10(7-9)16(15)18(22)20-12-4-3-11(8-12)19(17,20)13-5-6-14(13)20/h1-6,9-14H,7-8H2/t9-,10+,11-,12+,13-,14+,19+,20-. The van der Waals surface area contributed by atoms with E-state index in [1.807, 2.05) is 0 Å². The van der Waals surface area contributed by atoms with Crippen molar-refractivity contribution in [3.63, 3.8) is 0 Å². The molecular formula is C20H16O2. The third-order valence-electron chi connectivity index (χ3n) is 8.26. The number of carbonyl (C=O) groups excluding carboxylic acids is 2. The van der Waals surface area contributed by atoms with E-state index in [0.717, 1.165) is 24.0 Å². The molecule has 108 valence electrons. The van der Waals surface area contributed by atoms with E-state index in [4.69, 9.17) is 0 Å². The Labute approximate surface area is 128 Å². The van der Waals surface area contributed by atoms with Gasteiger partial charge in [0.15, 0.2) is 11.6 Å². The van der Waals surface area contributed by atoms with Crippen LogP contribution in [0.25, 0.3) is 0 Å². The molecule has 0 aromatic rings. The first-order valence-corrected chi connectivity index (χ1v) is 8.61. The zero-order valence-corrected chi connectivity index (χ0v) is 12.2. The zero-order valence-electron chi connectivity index (χ0n) is 12.2. The van der Waals surface area contributed by atoms with Crippen molar-refractivity contribution in [1.29, 1.82) is 0 Å². The van der Waals surface area contributed by atoms with Crippen LogP contribution in [0.15, 0.2) is 47.6 Å². The second kappa shape index (κ2) is 2.77. The minimum absolute atomic E-state index is 0.232. The fourth-order valence-electron chi connectivity index (χ4n) is 7.71. The topological polar surface area (TPSA) is 34.1 Å². The third kappa shape index (κ3) is 0.672. The Morgan fingerprint density at radius 3 is 1.64 bits per heavy atom. The van der Waals surface area contributed by atoms with Crippen LogP contribution >= 0.6 is 0 Å². The van der Waals surface area contributed by atoms with Gasteiger partial charge in [-0.15, -0.1) is 0 Å². The highest BCUT2D eigenvalue weighted by Gasteiger charge is 2.88. The molecule has 0 amide bonds. The number of fused-ring (bicyclic) bond motifs is 7. The van der Waals surface area contributed by atoms with E-state index in [9.17, 15) is 9.59 Å². The minimum Gasteiger partial charge on any atom is -0.294 e. The van der Waals surface area contributed by atoms with E-state index in [1.54, 1.807) is 0 Å². The Bertz CT molecular complexity index is 776. The van der Waals surface area contributed by atoms with Gasteiger partial charge in [0.25, 0.3) is 0 Å². The van der Waals surface area contributed by atoms with Gasteiger partial charge in [-0.25, -0.2) is 0 Å². The van der Waals surface area contributed by atoms with Gasteiger partial charge in [0.2, 0.25) is 0 Å². The van der Waals surface area contributed by atoms with Crippen molar-refractivity contribution >= 4 is 11.6 Å². The third-order valence-corrected chi connectivity index (χ3v) is 8.26. The SMILES string of the molecule is O=C1C2=C(C(=O)[C@]34[C@H]5C=C[C@H](C5)[C@]13[C@@H]1C=C[C@@H]14)[C@H]1C=C[C@@H]2C1. The smallest absolute Gasteiger partial charge is 0.168 e. The highest BCUT2D eigenvalue weighted by atomic mass is 16.1. The molecule has 7 aliphatic carbocycles. The van der Waals surface area contributed by atoms with E-state index >= 15 is 0 Å². The van der Waals surface area contributed by atoms with Crippen molar-refractivity contribution in [2.75, 3.05) is 0 Å². The molecule has 2 saturated carbocycles. The molecule has 0 radical (unpaired) electrons. The van der Waals surface area contributed by atoms with Crippen molar-refractivity contribution in [2.24, 2.45) is 46.3 Å². The second-order valence-corrected chi connectivity index (χ2v) is 8.33. The molecule has 2 heteroatoms. The molecule has 0 saturated heterocycles. The summed E-state index contributed by atoms with van der Waals surface area (Å²) < 4.78 is 0. The summed E-state index contributed by atoms with van der Waals surface area (Å²) >= 11 is 0. The lowest BCUT2D eigenvalue weighted by molar-refractivity contribution is -0.200. The van der Waals surface area contributed by atoms with Gasteiger partial charge < -0.3 is 0 Å². The maximum absolute atomic E-state index is 13.7. The van der Waals surface area contributed by atoms with Gasteiger partial charge >= 0.3 is 0 Å². The van der Waals surface area contributed by atoms with Gasteiger partial charge in [-0.3, -0.25) is 9.59 Å². The van der Waals surface area contributed by atoms with Crippen molar-refractivity contribution in [2.45, 2.75) is 12.8 Å². The molecule has 22 heavy (non-hydrogen) atoms. The first-order valence-electron chi connectivity index (χ1n) is 8.61. The number of hydrogen-bond donors (Lipinski definition) is 0. The van der Waals surface area contributed by atoms with Gasteiger partial charge in [-0.05, 0) is 36.5 Å². The summed E-state index contributed by atoms with van der Waals surface area (Å²) in [6.45, 7) is 0. The predicted octanol–water partition coefficient (Wildman–Crippen LogP) is 2.64. The van der Waals surface area contributed by atoms with Gasteiger partial charge in [0, 0.05) is 23.0 Å². The molecule has 0 aromatic heterocycles. The van der Waals surface area contributed by atoms with Crippen LogP contribution in [-0.2, 0) is 9.59 Å². The first kappa shape index (κ1) is 10.9. The molecule has 4 bridgehead atoms. The fourth-order valence-corrected chi connectivity index (χ4v) is 7.71. The first-order chi connectivity index (χ1) is 10.7. The molecule has 0 unspecified atom stereocenters. The Kier molecular flexibility index (Phi) is 1.38. The highest BCUT2D eigenvalue weighted by molar-refractivity contribution is 6.22. The largest absolute Gasteiger partial charge is 0.294 e. The Morgan fingerprint density at radius 1 is 0.682 bits per heavy atom. The summed E-state index contributed by atoms with van der Waals surface area (Å²) in [5.74, 6) is 2.46. The lowest BCUT2D eigenvalue weighted by Gasteiger charge is -2.72. The molecule has 0 aliphatic heterocycles. The Hall–Kier alpha value is -1.70. The molecule has 2 nitrogen and oxygen atoms in total. The van der Waals surface area contributed by atoms with Crippen LogP contribution in [-0.4, -0.2) is 11.6 Å². The summed E-state index contributed by atoms with van der Waals surface area (Å²) in [4.78, 5) is 27.3. The summed E-state index contributed by atoms with van der Waals surface area (Å²) in [5, 5.41) is 0. The maximum atomic E-state index is 13.7. The summed E-state index contributed by atoms with van der Waals surface area (Å²) in [7, 11) is 0. The zero-order chi connectivity index (χ0) is 14.4. The Balaban J connectivity index is 1.59. The van der Waals surface area contributed by atoms with E-state index in [-0.39, 0.29) is 22.7 Å². The van der Waals surface area contributed by atoms with Gasteiger partial charge in [-0.1, -0.05) is 36.5 Å². The number of carbonyl (C=O) groups is 2. The van der Waals surface area contributed by atoms with Crippen molar-refractivity contribution in [3.05, 3.63) is 47.6 Å². The maximum Gasteiger partial charge on any atom is 0.168 e. The average Bonchev–Trinajstić information content (AvgIpc) is 3.22. The van der Waals surface area contributed by atoms with E-state index in [1.165, 1.54) is 0 Å². The van der Waals surface area contributed by atoms with E-state index in [2.05, 4.69) is 36.5 Å².